The molecule has 0 aromatic rings. The molecule has 0 amide bonds. The van der Waals surface area contributed by atoms with Crippen molar-refractivity contribution in [2.24, 2.45) is 11.8 Å². The lowest BCUT2D eigenvalue weighted by atomic mass is 9.93. The second-order valence-electron chi connectivity index (χ2n) is 4.77. The fourth-order valence-electron chi connectivity index (χ4n) is 3.45. The minimum Gasteiger partial charge on any atom is -0.358 e. The van der Waals surface area contributed by atoms with Gasteiger partial charge in [0.05, 0.1) is 17.4 Å². The molecule has 0 aromatic carbocycles. The van der Waals surface area contributed by atoms with Gasteiger partial charge in [-0.15, -0.1) is 0 Å². The Hall–Kier alpha value is 0.160. The predicted octanol–water partition coefficient (Wildman–Crippen LogP) is 0.666. The van der Waals surface area contributed by atoms with E-state index in [0.717, 1.165) is 12.8 Å². The maximum absolute atomic E-state index is 11.7. The lowest BCUT2D eigenvalue weighted by molar-refractivity contribution is -0.00532. The average Bonchev–Trinajstić information content (AvgIpc) is 2.67. The molecule has 4 nitrogen and oxygen atoms in total. The summed E-state index contributed by atoms with van der Waals surface area (Å²) in [6, 6.07) is -0.0278. The molecular weight excluding hydrogens is 238 g/mol. The van der Waals surface area contributed by atoms with E-state index in [9.17, 15) is 8.42 Å². The van der Waals surface area contributed by atoms with Crippen LogP contribution >= 0.6 is 11.6 Å². The molecule has 86 valence electrons. The second-order valence-corrected chi connectivity index (χ2v) is 7.31. The third-order valence-electron chi connectivity index (χ3n) is 3.91. The summed E-state index contributed by atoms with van der Waals surface area (Å²) in [5.41, 5.74) is -0.349. The lowest BCUT2D eigenvalue weighted by Gasteiger charge is -2.27. The summed E-state index contributed by atoms with van der Waals surface area (Å²) in [7, 11) is -3.07. The number of hydrogen-bond donors (Lipinski definition) is 1. The van der Waals surface area contributed by atoms with Crippen molar-refractivity contribution in [3.8, 4) is 0 Å². The van der Waals surface area contributed by atoms with Gasteiger partial charge < -0.3 is 4.74 Å². The van der Waals surface area contributed by atoms with Crippen LogP contribution in [0.4, 0.5) is 0 Å². The fraction of sp³-hybridized carbons (Fsp3) is 1.00. The number of halogens is 1. The monoisotopic (exact) mass is 251 g/mol. The van der Waals surface area contributed by atoms with E-state index in [1.165, 1.54) is 0 Å². The first-order valence-electron chi connectivity index (χ1n) is 5.30. The Morgan fingerprint density at radius 2 is 2.20 bits per heavy atom. The summed E-state index contributed by atoms with van der Waals surface area (Å²) in [6.07, 6.45) is 1.69. The highest BCUT2D eigenvalue weighted by molar-refractivity contribution is 7.90. The van der Waals surface area contributed by atoms with Gasteiger partial charge in [0.2, 0.25) is 10.0 Å². The molecule has 3 fully saturated rings. The molecule has 1 heterocycles. The molecule has 1 N–H and O–H groups in total. The van der Waals surface area contributed by atoms with E-state index in [-0.39, 0.29) is 28.9 Å². The molecule has 3 aliphatic rings. The van der Waals surface area contributed by atoms with Gasteiger partial charge in [0.15, 0.2) is 0 Å². The average molecular weight is 252 g/mol. The summed E-state index contributed by atoms with van der Waals surface area (Å²) in [4.78, 5) is 0. The Labute approximate surface area is 94.4 Å². The van der Waals surface area contributed by atoms with Crippen molar-refractivity contribution in [3.63, 3.8) is 0 Å². The van der Waals surface area contributed by atoms with Crippen LogP contribution in [0, 0.1) is 11.8 Å². The van der Waals surface area contributed by atoms with Gasteiger partial charge in [-0.2, -0.15) is 0 Å². The first-order valence-corrected chi connectivity index (χ1v) is 7.28. The first-order chi connectivity index (χ1) is 6.99. The van der Waals surface area contributed by atoms with E-state index < -0.39 is 10.0 Å². The molecule has 6 unspecified atom stereocenters. The minimum absolute atomic E-state index is 0.0176. The van der Waals surface area contributed by atoms with Crippen molar-refractivity contribution in [1.82, 2.24) is 4.72 Å². The van der Waals surface area contributed by atoms with Crippen LogP contribution in [0.25, 0.3) is 0 Å². The zero-order chi connectivity index (χ0) is 10.8. The van der Waals surface area contributed by atoms with Crippen molar-refractivity contribution >= 4 is 21.6 Å². The van der Waals surface area contributed by atoms with Crippen LogP contribution in [-0.4, -0.2) is 31.4 Å². The van der Waals surface area contributed by atoms with Crippen LogP contribution in [-0.2, 0) is 14.8 Å². The van der Waals surface area contributed by atoms with Crippen LogP contribution in [0.1, 0.15) is 19.8 Å². The van der Waals surface area contributed by atoms with Gasteiger partial charge in [-0.1, -0.05) is 11.6 Å². The number of alkyl halides is 1. The van der Waals surface area contributed by atoms with Crippen LogP contribution < -0.4 is 4.72 Å². The van der Waals surface area contributed by atoms with E-state index >= 15 is 0 Å². The Morgan fingerprint density at radius 1 is 1.47 bits per heavy atom. The largest absolute Gasteiger partial charge is 0.358 e. The molecule has 0 aromatic heterocycles. The number of sulfonamides is 1. The maximum atomic E-state index is 11.7. The van der Waals surface area contributed by atoms with Gasteiger partial charge >= 0.3 is 0 Å². The number of fused-ring (bicyclic) bond motifs is 1. The van der Waals surface area contributed by atoms with E-state index in [1.54, 1.807) is 6.92 Å². The fourth-order valence-corrected chi connectivity index (χ4v) is 5.68. The molecule has 2 aliphatic carbocycles. The predicted molar refractivity (Wildman–Crippen MR) is 56.0 cm³/mol. The summed E-state index contributed by atoms with van der Waals surface area (Å²) in [6.45, 7) is 1.77. The number of rotatable bonds is 2. The Balaban J connectivity index is 1.88. The topological polar surface area (TPSA) is 55.4 Å². The smallest absolute Gasteiger partial charge is 0.215 e. The Morgan fingerprint density at radius 3 is 2.87 bits per heavy atom. The van der Waals surface area contributed by atoms with Crippen molar-refractivity contribution in [2.45, 2.75) is 42.7 Å². The first kappa shape index (κ1) is 10.3. The zero-order valence-corrected chi connectivity index (χ0v) is 9.96. The molecule has 0 spiro atoms. The summed E-state index contributed by atoms with van der Waals surface area (Å²) < 4.78 is 31.8. The lowest BCUT2D eigenvalue weighted by Crippen LogP contribution is -2.41. The quantitative estimate of drug-likeness (QED) is 0.734. The minimum atomic E-state index is -3.07. The van der Waals surface area contributed by atoms with Crippen molar-refractivity contribution < 1.29 is 13.2 Å². The van der Waals surface area contributed by atoms with Gasteiger partial charge in [-0.25, -0.2) is 13.1 Å². The normalized spacial score (nSPS) is 52.3. The van der Waals surface area contributed by atoms with Gasteiger partial charge in [-0.05, 0) is 31.6 Å². The van der Waals surface area contributed by atoms with Crippen molar-refractivity contribution in [2.75, 3.05) is 0 Å². The third kappa shape index (κ3) is 1.37. The van der Waals surface area contributed by atoms with Crippen molar-refractivity contribution in [3.05, 3.63) is 0 Å². The number of ether oxygens (including phenoxy) is 1. The van der Waals surface area contributed by atoms with E-state index in [2.05, 4.69) is 4.72 Å². The zero-order valence-electron chi connectivity index (χ0n) is 8.39. The molecule has 15 heavy (non-hydrogen) atoms. The highest BCUT2D eigenvalue weighted by atomic mass is 35.5. The van der Waals surface area contributed by atoms with Gasteiger partial charge in [0.25, 0.3) is 0 Å². The standard InChI is InChI=1S/C9H14ClNO3S/c1-4(10)14-9-5-2-6-7(3-5)15(12,13)11-8(6)9/h4-9,11H,2-3H2,1H3. The SMILES string of the molecule is CC(Cl)OC1C2CC3C1NS(=O)(=O)C3C2. The highest BCUT2D eigenvalue weighted by Crippen LogP contribution is 2.52. The molecular formula is C9H14ClNO3S. The molecule has 1 aliphatic heterocycles. The van der Waals surface area contributed by atoms with Crippen molar-refractivity contribution in [1.29, 1.82) is 0 Å². The van der Waals surface area contributed by atoms with E-state index in [0.29, 0.717) is 5.92 Å². The van der Waals surface area contributed by atoms with E-state index in [1.807, 2.05) is 0 Å². The molecule has 0 radical (unpaired) electrons. The van der Waals surface area contributed by atoms with Gasteiger partial charge in [0.1, 0.15) is 5.56 Å². The molecule has 2 saturated carbocycles. The molecule has 6 heteroatoms. The molecule has 3 rings (SSSR count). The maximum Gasteiger partial charge on any atom is 0.215 e. The molecule has 6 atom stereocenters. The second kappa shape index (κ2) is 3.09. The Kier molecular flexibility index (Phi) is 2.13. The summed E-state index contributed by atoms with van der Waals surface area (Å²) in [5.74, 6) is 0.622. The van der Waals surface area contributed by atoms with Crippen LogP contribution in [0.3, 0.4) is 0 Å². The van der Waals surface area contributed by atoms with Gasteiger partial charge in [0, 0.05) is 0 Å². The summed E-state index contributed by atoms with van der Waals surface area (Å²) >= 11 is 5.80. The van der Waals surface area contributed by atoms with Crippen LogP contribution in [0.5, 0.6) is 0 Å². The van der Waals surface area contributed by atoms with Gasteiger partial charge in [-0.3, -0.25) is 0 Å². The number of nitrogens with one attached hydrogen (secondary N) is 1. The molecule has 2 bridgehead atoms. The summed E-state index contributed by atoms with van der Waals surface area (Å²) in [5, 5.41) is -0.169. The Bertz CT molecular complexity index is 383. The highest BCUT2D eigenvalue weighted by Gasteiger charge is 2.63. The van der Waals surface area contributed by atoms with Crippen LogP contribution in [0.2, 0.25) is 0 Å². The molecule has 1 saturated heterocycles. The third-order valence-corrected chi connectivity index (χ3v) is 5.95. The number of hydrogen-bond acceptors (Lipinski definition) is 3. The van der Waals surface area contributed by atoms with E-state index in [4.69, 9.17) is 16.3 Å². The van der Waals surface area contributed by atoms with Crippen LogP contribution in [0.15, 0.2) is 0 Å².